The van der Waals surface area contributed by atoms with Crippen molar-refractivity contribution in [3.63, 3.8) is 0 Å². The molecule has 2 nitrogen and oxygen atoms in total. The van der Waals surface area contributed by atoms with E-state index in [4.69, 9.17) is 11.6 Å². The van der Waals surface area contributed by atoms with Crippen LogP contribution in [0.25, 0.3) is 0 Å². The van der Waals surface area contributed by atoms with Gasteiger partial charge < -0.3 is 10.4 Å². The summed E-state index contributed by atoms with van der Waals surface area (Å²) in [5, 5.41) is 13.5. The van der Waals surface area contributed by atoms with Crippen LogP contribution in [-0.4, -0.2) is 11.7 Å². The van der Waals surface area contributed by atoms with Gasteiger partial charge in [0, 0.05) is 11.1 Å². The fraction of sp³-hybridized carbons (Fsp3) is 0.250. The van der Waals surface area contributed by atoms with Crippen LogP contribution in [0.1, 0.15) is 24.1 Å². The van der Waals surface area contributed by atoms with Gasteiger partial charge in [-0.2, -0.15) is 0 Å². The molecule has 0 radical (unpaired) electrons. The maximum Gasteiger partial charge on any atom is 0.115 e. The van der Waals surface area contributed by atoms with Crippen molar-refractivity contribution in [3.8, 4) is 5.75 Å². The minimum Gasteiger partial charge on any atom is -0.508 e. The Labute approximate surface area is 119 Å². The van der Waals surface area contributed by atoms with Crippen LogP contribution in [0.15, 0.2) is 48.5 Å². The van der Waals surface area contributed by atoms with Crippen LogP contribution in [0.3, 0.4) is 0 Å². The molecule has 0 saturated carbocycles. The van der Waals surface area contributed by atoms with Gasteiger partial charge in [0.2, 0.25) is 0 Å². The lowest BCUT2D eigenvalue weighted by Crippen LogP contribution is -2.21. The molecular formula is C16H18ClNO. The first-order valence-electron chi connectivity index (χ1n) is 6.42. The predicted molar refractivity (Wildman–Crippen MR) is 79.7 cm³/mol. The summed E-state index contributed by atoms with van der Waals surface area (Å²) >= 11 is 5.87. The van der Waals surface area contributed by atoms with Crippen LogP contribution in [0.5, 0.6) is 5.75 Å². The molecule has 0 aliphatic heterocycles. The second kappa shape index (κ2) is 6.60. The molecule has 0 saturated heterocycles. The van der Waals surface area contributed by atoms with Crippen molar-refractivity contribution in [1.29, 1.82) is 0 Å². The van der Waals surface area contributed by atoms with Gasteiger partial charge in [0.05, 0.1) is 0 Å². The number of hydrogen-bond acceptors (Lipinski definition) is 2. The van der Waals surface area contributed by atoms with E-state index in [2.05, 4.69) is 12.2 Å². The van der Waals surface area contributed by atoms with Crippen molar-refractivity contribution in [1.82, 2.24) is 5.32 Å². The number of rotatable bonds is 5. The summed E-state index contributed by atoms with van der Waals surface area (Å²) in [6.07, 6.45) is 0.943. The van der Waals surface area contributed by atoms with Crippen LogP contribution >= 0.6 is 11.6 Å². The van der Waals surface area contributed by atoms with Crippen molar-refractivity contribution < 1.29 is 5.11 Å². The van der Waals surface area contributed by atoms with E-state index in [1.54, 1.807) is 12.1 Å². The summed E-state index contributed by atoms with van der Waals surface area (Å²) in [4.78, 5) is 0. The lowest BCUT2D eigenvalue weighted by atomic mass is 10.1. The molecule has 1 unspecified atom stereocenters. The van der Waals surface area contributed by atoms with Gasteiger partial charge in [0.15, 0.2) is 0 Å². The molecule has 0 bridgehead atoms. The number of benzene rings is 2. The molecule has 19 heavy (non-hydrogen) atoms. The minimum absolute atomic E-state index is 0.300. The largest absolute Gasteiger partial charge is 0.508 e. The highest BCUT2D eigenvalue weighted by atomic mass is 35.5. The molecule has 0 aromatic heterocycles. The summed E-state index contributed by atoms with van der Waals surface area (Å²) in [6, 6.07) is 15.5. The van der Waals surface area contributed by atoms with E-state index in [1.165, 1.54) is 11.1 Å². The molecule has 2 rings (SSSR count). The molecule has 1 atom stereocenters. The van der Waals surface area contributed by atoms with E-state index in [0.29, 0.717) is 11.8 Å². The monoisotopic (exact) mass is 275 g/mol. The first-order valence-corrected chi connectivity index (χ1v) is 6.80. The van der Waals surface area contributed by atoms with E-state index in [1.807, 2.05) is 36.4 Å². The number of hydrogen-bond donors (Lipinski definition) is 2. The minimum atomic E-state index is 0.300. The first-order chi connectivity index (χ1) is 9.15. The second-order valence-electron chi connectivity index (χ2n) is 4.64. The summed E-state index contributed by atoms with van der Waals surface area (Å²) in [5.41, 5.74) is 2.45. The van der Waals surface area contributed by atoms with Gasteiger partial charge in [-0.1, -0.05) is 35.9 Å². The van der Waals surface area contributed by atoms with Crippen molar-refractivity contribution in [3.05, 3.63) is 64.7 Å². The molecule has 2 N–H and O–H groups in total. The van der Waals surface area contributed by atoms with E-state index >= 15 is 0 Å². The zero-order valence-corrected chi connectivity index (χ0v) is 11.7. The fourth-order valence-corrected chi connectivity index (χ4v) is 2.09. The van der Waals surface area contributed by atoms with Crippen molar-refractivity contribution >= 4 is 11.6 Å². The highest BCUT2D eigenvalue weighted by Gasteiger charge is 2.04. The molecule has 2 aromatic carbocycles. The number of phenols is 1. The molecule has 0 amide bonds. The Morgan fingerprint density at radius 3 is 2.32 bits per heavy atom. The van der Waals surface area contributed by atoms with Crippen LogP contribution < -0.4 is 5.32 Å². The molecule has 0 aliphatic carbocycles. The average molecular weight is 276 g/mol. The zero-order valence-electron chi connectivity index (χ0n) is 10.9. The lowest BCUT2D eigenvalue weighted by Gasteiger charge is -2.14. The first kappa shape index (κ1) is 13.9. The maximum atomic E-state index is 9.21. The van der Waals surface area contributed by atoms with Gasteiger partial charge >= 0.3 is 0 Å². The van der Waals surface area contributed by atoms with Crippen molar-refractivity contribution in [2.45, 2.75) is 19.4 Å². The normalized spacial score (nSPS) is 12.3. The van der Waals surface area contributed by atoms with Crippen LogP contribution in [0.4, 0.5) is 0 Å². The van der Waals surface area contributed by atoms with Gasteiger partial charge in [0.1, 0.15) is 5.75 Å². The quantitative estimate of drug-likeness (QED) is 0.866. The second-order valence-corrected chi connectivity index (χ2v) is 5.08. The Balaban J connectivity index is 1.82. The highest BCUT2D eigenvalue weighted by molar-refractivity contribution is 6.30. The molecule has 0 fully saturated rings. The van der Waals surface area contributed by atoms with Crippen LogP contribution in [-0.2, 0) is 6.42 Å². The number of phenolic OH excluding ortho intramolecular Hbond substituents is 1. The number of nitrogens with one attached hydrogen (secondary N) is 1. The highest BCUT2D eigenvalue weighted by Crippen LogP contribution is 2.16. The SMILES string of the molecule is CC(NCCc1ccc(O)cc1)c1ccc(Cl)cc1. The van der Waals surface area contributed by atoms with E-state index in [9.17, 15) is 5.11 Å². The maximum absolute atomic E-state index is 9.21. The molecule has 0 heterocycles. The Morgan fingerprint density at radius 2 is 1.68 bits per heavy atom. The molecule has 100 valence electrons. The van der Waals surface area contributed by atoms with E-state index in [0.717, 1.165) is 18.0 Å². The Morgan fingerprint density at radius 1 is 1.05 bits per heavy atom. The molecule has 2 aromatic rings. The third-order valence-electron chi connectivity index (χ3n) is 3.17. The Kier molecular flexibility index (Phi) is 4.83. The molecule has 3 heteroatoms. The fourth-order valence-electron chi connectivity index (χ4n) is 1.96. The smallest absolute Gasteiger partial charge is 0.115 e. The summed E-state index contributed by atoms with van der Waals surface area (Å²) in [5.74, 6) is 0.311. The van der Waals surface area contributed by atoms with Gasteiger partial charge in [-0.15, -0.1) is 0 Å². The van der Waals surface area contributed by atoms with E-state index in [-0.39, 0.29) is 0 Å². The lowest BCUT2D eigenvalue weighted by molar-refractivity contribution is 0.475. The van der Waals surface area contributed by atoms with Crippen molar-refractivity contribution in [2.75, 3.05) is 6.54 Å². The van der Waals surface area contributed by atoms with Gasteiger partial charge in [-0.05, 0) is 55.3 Å². The number of aromatic hydroxyl groups is 1. The van der Waals surface area contributed by atoms with Crippen LogP contribution in [0.2, 0.25) is 5.02 Å². The zero-order chi connectivity index (χ0) is 13.7. The summed E-state index contributed by atoms with van der Waals surface area (Å²) in [7, 11) is 0. The number of halogens is 1. The topological polar surface area (TPSA) is 32.3 Å². The van der Waals surface area contributed by atoms with E-state index < -0.39 is 0 Å². The summed E-state index contributed by atoms with van der Waals surface area (Å²) in [6.45, 7) is 3.04. The van der Waals surface area contributed by atoms with Gasteiger partial charge in [-0.25, -0.2) is 0 Å². The molecular weight excluding hydrogens is 258 g/mol. The third kappa shape index (κ3) is 4.27. The van der Waals surface area contributed by atoms with Crippen molar-refractivity contribution in [2.24, 2.45) is 0 Å². The van der Waals surface area contributed by atoms with Gasteiger partial charge in [-0.3, -0.25) is 0 Å². The summed E-state index contributed by atoms with van der Waals surface area (Å²) < 4.78 is 0. The Hall–Kier alpha value is -1.51. The average Bonchev–Trinajstić information content (AvgIpc) is 2.41. The Bertz CT molecular complexity index is 507. The third-order valence-corrected chi connectivity index (χ3v) is 3.42. The standard InChI is InChI=1S/C16H18ClNO/c1-12(14-4-6-15(17)7-5-14)18-11-10-13-2-8-16(19)9-3-13/h2-9,12,18-19H,10-11H2,1H3. The molecule has 0 spiro atoms. The predicted octanol–water partition coefficient (Wildman–Crippen LogP) is 3.94. The molecule has 0 aliphatic rings. The van der Waals surface area contributed by atoms with Gasteiger partial charge in [0.25, 0.3) is 0 Å². The van der Waals surface area contributed by atoms with Crippen LogP contribution in [0, 0.1) is 0 Å².